The topological polar surface area (TPSA) is 72.3 Å². The second-order valence-corrected chi connectivity index (χ2v) is 7.33. The summed E-state index contributed by atoms with van der Waals surface area (Å²) in [6, 6.07) is 8.41. The summed E-state index contributed by atoms with van der Waals surface area (Å²) in [6.45, 7) is 2.10. The van der Waals surface area contributed by atoms with Crippen molar-refractivity contribution in [1.82, 2.24) is 29.9 Å². The van der Waals surface area contributed by atoms with Crippen molar-refractivity contribution in [3.63, 3.8) is 0 Å². The second-order valence-electron chi connectivity index (χ2n) is 7.33. The van der Waals surface area contributed by atoms with Gasteiger partial charge in [-0.25, -0.2) is 19.0 Å². The summed E-state index contributed by atoms with van der Waals surface area (Å²) < 4.78 is 15.1. The fourth-order valence-electron chi connectivity index (χ4n) is 3.99. The van der Waals surface area contributed by atoms with Crippen LogP contribution in [-0.2, 0) is 25.7 Å². The molecule has 0 aliphatic heterocycles. The normalized spacial score (nSPS) is 13.0. The molecule has 146 valence electrons. The van der Waals surface area contributed by atoms with Crippen LogP contribution in [0.5, 0.6) is 0 Å². The summed E-state index contributed by atoms with van der Waals surface area (Å²) in [4.78, 5) is 8.84. The van der Waals surface area contributed by atoms with Gasteiger partial charge in [-0.3, -0.25) is 5.10 Å². The Morgan fingerprint density at radius 3 is 2.79 bits per heavy atom. The Labute approximate surface area is 167 Å². The number of hydrogen-bond donors (Lipinski definition) is 1. The molecule has 0 bridgehead atoms. The maximum atomic E-state index is 13.3. The van der Waals surface area contributed by atoms with Crippen molar-refractivity contribution >= 4 is 0 Å². The van der Waals surface area contributed by atoms with E-state index in [0.717, 1.165) is 53.3 Å². The zero-order valence-corrected chi connectivity index (χ0v) is 16.2. The van der Waals surface area contributed by atoms with Crippen molar-refractivity contribution in [2.75, 3.05) is 0 Å². The monoisotopic (exact) mass is 388 g/mol. The summed E-state index contributed by atoms with van der Waals surface area (Å²) >= 11 is 0. The summed E-state index contributed by atoms with van der Waals surface area (Å²) in [6.07, 6.45) is 8.42. The number of aromatic amines is 1. The molecular weight excluding hydrogens is 367 g/mol. The van der Waals surface area contributed by atoms with E-state index in [9.17, 15) is 4.39 Å². The summed E-state index contributed by atoms with van der Waals surface area (Å²) in [5.74, 6) is 0.529. The molecule has 3 aromatic heterocycles. The first-order chi connectivity index (χ1) is 14.2. The molecule has 0 spiro atoms. The maximum Gasteiger partial charge on any atom is 0.156 e. The van der Waals surface area contributed by atoms with Crippen molar-refractivity contribution in [2.24, 2.45) is 0 Å². The zero-order valence-electron chi connectivity index (χ0n) is 16.2. The molecular formula is C22H21FN6. The van der Waals surface area contributed by atoms with Crippen LogP contribution >= 0.6 is 0 Å². The third kappa shape index (κ3) is 3.33. The van der Waals surface area contributed by atoms with E-state index in [1.165, 1.54) is 29.8 Å². The van der Waals surface area contributed by atoms with Crippen LogP contribution in [0.4, 0.5) is 4.39 Å². The Kier molecular flexibility index (Phi) is 4.42. The van der Waals surface area contributed by atoms with Crippen LogP contribution in [0.2, 0.25) is 0 Å². The molecule has 0 atom stereocenters. The predicted molar refractivity (Wildman–Crippen MR) is 107 cm³/mol. The van der Waals surface area contributed by atoms with E-state index in [-0.39, 0.29) is 5.82 Å². The lowest BCUT2D eigenvalue weighted by molar-refractivity contribution is 0.628. The van der Waals surface area contributed by atoms with Crippen LogP contribution in [0.15, 0.2) is 42.9 Å². The molecule has 0 saturated heterocycles. The molecule has 3 heterocycles. The Bertz CT molecular complexity index is 1140. The SMILES string of the molecule is CCc1c(-c2ccc(F)cc2)n[nH]c1Cc1cc(-n2cc3c(n2)CCC3)ncn1. The number of aromatic nitrogens is 6. The van der Waals surface area contributed by atoms with Gasteiger partial charge in [0.25, 0.3) is 0 Å². The quantitative estimate of drug-likeness (QED) is 0.564. The average Bonchev–Trinajstić information content (AvgIpc) is 3.43. The minimum atomic E-state index is -0.249. The number of nitrogens with zero attached hydrogens (tertiary/aromatic N) is 5. The molecule has 0 saturated carbocycles. The average molecular weight is 388 g/mol. The van der Waals surface area contributed by atoms with Crippen molar-refractivity contribution in [3.8, 4) is 17.1 Å². The Balaban J connectivity index is 1.44. The van der Waals surface area contributed by atoms with Gasteiger partial charge in [-0.1, -0.05) is 6.92 Å². The van der Waals surface area contributed by atoms with Gasteiger partial charge in [0.2, 0.25) is 0 Å². The predicted octanol–water partition coefficient (Wildman–Crippen LogP) is 3.83. The first-order valence-electron chi connectivity index (χ1n) is 9.92. The highest BCUT2D eigenvalue weighted by Gasteiger charge is 2.17. The highest BCUT2D eigenvalue weighted by Crippen LogP contribution is 2.26. The lowest BCUT2D eigenvalue weighted by Gasteiger charge is -2.06. The molecule has 29 heavy (non-hydrogen) atoms. The first kappa shape index (κ1) is 17.7. The fraction of sp³-hybridized carbons (Fsp3) is 0.273. The number of hydrogen-bond acceptors (Lipinski definition) is 4. The number of benzene rings is 1. The smallest absolute Gasteiger partial charge is 0.156 e. The number of H-pyrrole nitrogens is 1. The van der Waals surface area contributed by atoms with Crippen molar-refractivity contribution in [2.45, 2.75) is 39.0 Å². The highest BCUT2D eigenvalue weighted by molar-refractivity contribution is 5.64. The van der Waals surface area contributed by atoms with Gasteiger partial charge in [-0.2, -0.15) is 10.2 Å². The number of rotatable bonds is 5. The molecule has 0 unspecified atom stereocenters. The van der Waals surface area contributed by atoms with Crippen molar-refractivity contribution in [3.05, 3.63) is 76.9 Å². The molecule has 1 aromatic carbocycles. The second kappa shape index (κ2) is 7.24. The first-order valence-corrected chi connectivity index (χ1v) is 9.92. The van der Waals surface area contributed by atoms with Crippen LogP contribution in [-0.4, -0.2) is 29.9 Å². The third-order valence-corrected chi connectivity index (χ3v) is 5.46. The lowest BCUT2D eigenvalue weighted by Crippen LogP contribution is -2.03. The van der Waals surface area contributed by atoms with E-state index < -0.39 is 0 Å². The molecule has 4 aromatic rings. The van der Waals surface area contributed by atoms with Crippen LogP contribution < -0.4 is 0 Å². The number of halogens is 1. The Morgan fingerprint density at radius 1 is 1.14 bits per heavy atom. The summed E-state index contributed by atoms with van der Waals surface area (Å²) in [7, 11) is 0. The highest BCUT2D eigenvalue weighted by atomic mass is 19.1. The van der Waals surface area contributed by atoms with Gasteiger partial charge < -0.3 is 0 Å². The third-order valence-electron chi connectivity index (χ3n) is 5.46. The summed E-state index contributed by atoms with van der Waals surface area (Å²) in [5, 5.41) is 12.3. The summed E-state index contributed by atoms with van der Waals surface area (Å²) in [5.41, 5.74) is 7.29. The zero-order chi connectivity index (χ0) is 19.8. The van der Waals surface area contributed by atoms with E-state index in [0.29, 0.717) is 6.42 Å². The minimum Gasteiger partial charge on any atom is -0.281 e. The molecule has 1 aliphatic rings. The van der Waals surface area contributed by atoms with Gasteiger partial charge >= 0.3 is 0 Å². The Morgan fingerprint density at radius 2 is 2.00 bits per heavy atom. The van der Waals surface area contributed by atoms with Crippen LogP contribution in [0.3, 0.4) is 0 Å². The molecule has 0 fully saturated rings. The molecule has 1 aliphatic carbocycles. The van der Waals surface area contributed by atoms with Crippen LogP contribution in [0.1, 0.15) is 41.6 Å². The van der Waals surface area contributed by atoms with Crippen LogP contribution in [0.25, 0.3) is 17.1 Å². The number of aryl methyl sites for hydroxylation is 2. The van der Waals surface area contributed by atoms with E-state index in [2.05, 4.69) is 38.4 Å². The standard InChI is InChI=1S/C22H21FN6/c1-2-18-20(26-27-22(18)14-6-8-16(23)9-7-14)10-17-11-21(25-13-24-17)29-12-15-4-3-5-19(15)28-29/h6-9,11-13H,2-5,10H2,1H3,(H,26,27). The van der Waals surface area contributed by atoms with E-state index in [1.54, 1.807) is 18.5 Å². The molecule has 7 heteroatoms. The van der Waals surface area contributed by atoms with Gasteiger partial charge in [0, 0.05) is 35.5 Å². The maximum absolute atomic E-state index is 13.3. The number of fused-ring (bicyclic) bond motifs is 1. The van der Waals surface area contributed by atoms with Gasteiger partial charge in [0.05, 0.1) is 17.1 Å². The number of nitrogens with one attached hydrogen (secondary N) is 1. The van der Waals surface area contributed by atoms with Crippen molar-refractivity contribution < 1.29 is 4.39 Å². The molecule has 6 nitrogen and oxygen atoms in total. The van der Waals surface area contributed by atoms with E-state index in [1.807, 2.05) is 10.7 Å². The molecule has 0 radical (unpaired) electrons. The van der Waals surface area contributed by atoms with Crippen molar-refractivity contribution in [1.29, 1.82) is 0 Å². The Hall–Kier alpha value is -3.35. The van der Waals surface area contributed by atoms with E-state index in [4.69, 9.17) is 0 Å². The lowest BCUT2D eigenvalue weighted by atomic mass is 10.0. The largest absolute Gasteiger partial charge is 0.281 e. The van der Waals surface area contributed by atoms with Gasteiger partial charge in [0.15, 0.2) is 5.82 Å². The molecule has 1 N–H and O–H groups in total. The van der Waals surface area contributed by atoms with Gasteiger partial charge in [0.1, 0.15) is 12.1 Å². The van der Waals surface area contributed by atoms with Gasteiger partial charge in [-0.05, 0) is 55.5 Å². The minimum absolute atomic E-state index is 0.249. The van der Waals surface area contributed by atoms with Gasteiger partial charge in [-0.15, -0.1) is 0 Å². The molecule has 0 amide bonds. The molecule has 5 rings (SSSR count). The van der Waals surface area contributed by atoms with Crippen LogP contribution in [0, 0.1) is 5.82 Å². The fourth-order valence-corrected chi connectivity index (χ4v) is 3.99. The van der Waals surface area contributed by atoms with E-state index >= 15 is 0 Å².